The summed E-state index contributed by atoms with van der Waals surface area (Å²) in [7, 11) is 0. The Balaban J connectivity index is 1.60. The molecule has 0 saturated carbocycles. The van der Waals surface area contributed by atoms with Crippen molar-refractivity contribution in [2.24, 2.45) is 0 Å². The van der Waals surface area contributed by atoms with Crippen LogP contribution in [0.1, 0.15) is 29.8 Å². The molecule has 150 valence electrons. The van der Waals surface area contributed by atoms with Crippen LogP contribution in [0.5, 0.6) is 0 Å². The van der Waals surface area contributed by atoms with Gasteiger partial charge in [0.15, 0.2) is 4.34 Å². The van der Waals surface area contributed by atoms with Crippen LogP contribution in [0.2, 0.25) is 0 Å². The highest BCUT2D eigenvalue weighted by atomic mass is 32.2. The van der Waals surface area contributed by atoms with Gasteiger partial charge in [0, 0.05) is 5.38 Å². The van der Waals surface area contributed by atoms with Crippen molar-refractivity contribution < 1.29 is 14.3 Å². The molecule has 1 aromatic heterocycles. The molecule has 2 aromatic carbocycles. The second-order valence-electron chi connectivity index (χ2n) is 6.20. The third kappa shape index (κ3) is 6.44. The molecule has 7 heteroatoms. The topological polar surface area (TPSA) is 68.3 Å². The molecule has 0 aliphatic rings. The number of thioether (sulfide) groups is 1. The second kappa shape index (κ2) is 10.8. The van der Waals surface area contributed by atoms with Gasteiger partial charge in [0.1, 0.15) is 0 Å². The van der Waals surface area contributed by atoms with Gasteiger partial charge in [-0.2, -0.15) is 0 Å². The fraction of sp³-hybridized carbons (Fsp3) is 0.227. The number of aromatic nitrogens is 1. The Labute approximate surface area is 178 Å². The van der Waals surface area contributed by atoms with Gasteiger partial charge in [-0.25, -0.2) is 4.98 Å². The lowest BCUT2D eigenvalue weighted by atomic mass is 9.99. The smallest absolute Gasteiger partial charge is 0.311 e. The number of rotatable bonds is 9. The average Bonchev–Trinajstić information content (AvgIpc) is 3.19. The first-order valence-electron chi connectivity index (χ1n) is 9.27. The Morgan fingerprint density at radius 2 is 1.69 bits per heavy atom. The number of carbonyl (C=O) groups excluding carboxylic acids is 2. The van der Waals surface area contributed by atoms with Crippen LogP contribution in [0.4, 0.5) is 0 Å². The first kappa shape index (κ1) is 21.1. The molecular formula is C22H22N2O3S2. The summed E-state index contributed by atoms with van der Waals surface area (Å²) in [5, 5.41) is 4.95. The zero-order chi connectivity index (χ0) is 20.5. The molecular weight excluding hydrogens is 404 g/mol. The summed E-state index contributed by atoms with van der Waals surface area (Å²) in [5.41, 5.74) is 2.73. The number of amides is 1. The number of thiazole rings is 1. The number of benzene rings is 2. The van der Waals surface area contributed by atoms with Gasteiger partial charge in [0.25, 0.3) is 0 Å². The van der Waals surface area contributed by atoms with Gasteiger partial charge < -0.3 is 10.1 Å². The Kier molecular flexibility index (Phi) is 7.84. The van der Waals surface area contributed by atoms with E-state index in [9.17, 15) is 9.59 Å². The van der Waals surface area contributed by atoms with Crippen molar-refractivity contribution in [1.29, 1.82) is 0 Å². The molecule has 0 aliphatic carbocycles. The Morgan fingerprint density at radius 3 is 2.28 bits per heavy atom. The molecule has 5 nitrogen and oxygen atoms in total. The fourth-order valence-corrected chi connectivity index (χ4v) is 4.43. The Hall–Kier alpha value is -2.64. The predicted molar refractivity (Wildman–Crippen MR) is 116 cm³/mol. The number of hydrogen-bond acceptors (Lipinski definition) is 6. The molecule has 3 aromatic rings. The molecule has 0 fully saturated rings. The standard InChI is InChI=1S/C22H22N2O3S2/c1-2-27-20(26)13-18-14-28-22(23-18)29-15-19(25)24-21(16-9-5-3-6-10-16)17-11-7-4-8-12-17/h3-12,14,21H,2,13,15H2,1H3,(H,24,25). The maximum atomic E-state index is 12.6. The summed E-state index contributed by atoms with van der Waals surface area (Å²) in [6, 6.07) is 19.6. The van der Waals surface area contributed by atoms with E-state index in [1.807, 2.05) is 66.0 Å². The van der Waals surface area contributed by atoms with E-state index in [0.717, 1.165) is 15.5 Å². The number of carbonyl (C=O) groups is 2. The first-order valence-corrected chi connectivity index (χ1v) is 11.1. The van der Waals surface area contributed by atoms with Crippen molar-refractivity contribution in [3.05, 3.63) is 82.9 Å². The van der Waals surface area contributed by atoms with Crippen molar-refractivity contribution in [2.75, 3.05) is 12.4 Å². The van der Waals surface area contributed by atoms with Crippen LogP contribution in [-0.2, 0) is 20.7 Å². The van der Waals surface area contributed by atoms with E-state index in [-0.39, 0.29) is 30.1 Å². The van der Waals surface area contributed by atoms with Gasteiger partial charge in [0.05, 0.1) is 30.5 Å². The molecule has 0 bridgehead atoms. The van der Waals surface area contributed by atoms with Gasteiger partial charge in [0.2, 0.25) is 5.91 Å². The van der Waals surface area contributed by atoms with Crippen molar-refractivity contribution in [3.63, 3.8) is 0 Å². The number of hydrogen-bond donors (Lipinski definition) is 1. The van der Waals surface area contributed by atoms with E-state index >= 15 is 0 Å². The maximum Gasteiger partial charge on any atom is 0.311 e. The molecule has 0 aliphatic heterocycles. The lowest BCUT2D eigenvalue weighted by Gasteiger charge is -2.19. The molecule has 0 atom stereocenters. The van der Waals surface area contributed by atoms with E-state index < -0.39 is 0 Å². The van der Waals surface area contributed by atoms with Gasteiger partial charge in [-0.3, -0.25) is 9.59 Å². The molecule has 1 N–H and O–H groups in total. The summed E-state index contributed by atoms with van der Waals surface area (Å²) in [6.45, 7) is 2.13. The minimum absolute atomic E-state index is 0.0742. The predicted octanol–water partition coefficient (Wildman–Crippen LogP) is 4.25. The summed E-state index contributed by atoms with van der Waals surface area (Å²) < 4.78 is 5.70. The van der Waals surface area contributed by atoms with Crippen molar-refractivity contribution in [1.82, 2.24) is 10.3 Å². The van der Waals surface area contributed by atoms with E-state index in [1.165, 1.54) is 23.1 Å². The number of nitrogens with one attached hydrogen (secondary N) is 1. The quantitative estimate of drug-likeness (QED) is 0.409. The van der Waals surface area contributed by atoms with Crippen LogP contribution in [0.3, 0.4) is 0 Å². The summed E-state index contributed by atoms with van der Waals surface area (Å²) in [6.07, 6.45) is 0.154. The van der Waals surface area contributed by atoms with Crippen molar-refractivity contribution in [3.8, 4) is 0 Å². The fourth-order valence-electron chi connectivity index (χ4n) is 2.78. The maximum absolute atomic E-state index is 12.6. The molecule has 1 heterocycles. The summed E-state index contributed by atoms with van der Waals surface area (Å²) in [5.74, 6) is -0.113. The summed E-state index contributed by atoms with van der Waals surface area (Å²) in [4.78, 5) is 28.6. The van der Waals surface area contributed by atoms with Gasteiger partial charge in [-0.15, -0.1) is 11.3 Å². The average molecular weight is 427 g/mol. The molecule has 0 radical (unpaired) electrons. The van der Waals surface area contributed by atoms with Gasteiger partial charge in [-0.05, 0) is 18.1 Å². The molecule has 29 heavy (non-hydrogen) atoms. The molecule has 1 amide bonds. The highest BCUT2D eigenvalue weighted by Crippen LogP contribution is 2.25. The lowest BCUT2D eigenvalue weighted by Crippen LogP contribution is -2.30. The number of ether oxygens (including phenoxy) is 1. The van der Waals surface area contributed by atoms with E-state index in [0.29, 0.717) is 12.3 Å². The van der Waals surface area contributed by atoms with Crippen molar-refractivity contribution >= 4 is 35.0 Å². The SMILES string of the molecule is CCOC(=O)Cc1csc(SCC(=O)NC(c2ccccc2)c2ccccc2)n1. The monoisotopic (exact) mass is 426 g/mol. The lowest BCUT2D eigenvalue weighted by molar-refractivity contribution is -0.142. The zero-order valence-electron chi connectivity index (χ0n) is 16.0. The Morgan fingerprint density at radius 1 is 1.07 bits per heavy atom. The third-order valence-electron chi connectivity index (χ3n) is 4.06. The molecule has 0 spiro atoms. The molecule has 3 rings (SSSR count). The van der Waals surface area contributed by atoms with Crippen LogP contribution in [0.25, 0.3) is 0 Å². The normalized spacial score (nSPS) is 10.7. The molecule has 0 saturated heterocycles. The van der Waals surface area contributed by atoms with Crippen LogP contribution in [0, 0.1) is 0 Å². The van der Waals surface area contributed by atoms with Gasteiger partial charge in [-0.1, -0.05) is 72.4 Å². The number of nitrogens with zero attached hydrogens (tertiary/aromatic N) is 1. The minimum Gasteiger partial charge on any atom is -0.466 e. The summed E-state index contributed by atoms with van der Waals surface area (Å²) >= 11 is 2.79. The van der Waals surface area contributed by atoms with Gasteiger partial charge >= 0.3 is 5.97 Å². The minimum atomic E-state index is -0.291. The third-order valence-corrected chi connectivity index (χ3v) is 6.13. The van der Waals surface area contributed by atoms with E-state index in [2.05, 4.69) is 10.3 Å². The van der Waals surface area contributed by atoms with E-state index in [4.69, 9.17) is 4.74 Å². The second-order valence-corrected chi connectivity index (χ2v) is 8.28. The van der Waals surface area contributed by atoms with Crippen molar-refractivity contribution in [2.45, 2.75) is 23.7 Å². The largest absolute Gasteiger partial charge is 0.466 e. The highest BCUT2D eigenvalue weighted by Gasteiger charge is 2.17. The van der Waals surface area contributed by atoms with Crippen LogP contribution < -0.4 is 5.32 Å². The zero-order valence-corrected chi connectivity index (χ0v) is 17.7. The van der Waals surface area contributed by atoms with Crippen LogP contribution in [-0.4, -0.2) is 29.2 Å². The van der Waals surface area contributed by atoms with Crippen LogP contribution in [0.15, 0.2) is 70.4 Å². The first-order chi connectivity index (χ1) is 14.2. The Bertz CT molecular complexity index is 890. The molecule has 0 unspecified atom stereocenters. The van der Waals surface area contributed by atoms with E-state index in [1.54, 1.807) is 6.92 Å². The highest BCUT2D eigenvalue weighted by molar-refractivity contribution is 8.01. The van der Waals surface area contributed by atoms with Crippen LogP contribution >= 0.6 is 23.1 Å². The number of esters is 1.